The second-order valence-electron chi connectivity index (χ2n) is 4.08. The molecular formula is C12H15Br2NO2. The smallest absolute Gasteiger partial charge is 0.251 e. The Morgan fingerprint density at radius 1 is 1.29 bits per heavy atom. The summed E-state index contributed by atoms with van der Waals surface area (Å²) in [5.41, 5.74) is 0.586. The summed E-state index contributed by atoms with van der Waals surface area (Å²) in [5, 5.41) is 11.9. The third kappa shape index (κ3) is 4.41. The third-order valence-corrected chi connectivity index (χ3v) is 3.54. The minimum absolute atomic E-state index is 0.0366. The van der Waals surface area contributed by atoms with E-state index in [0.29, 0.717) is 5.56 Å². The largest absolute Gasteiger partial charge is 0.396 e. The molecule has 0 aromatic heterocycles. The summed E-state index contributed by atoms with van der Waals surface area (Å²) < 4.78 is 1.69. The first-order chi connectivity index (χ1) is 7.93. The van der Waals surface area contributed by atoms with Crippen molar-refractivity contribution >= 4 is 37.8 Å². The van der Waals surface area contributed by atoms with Gasteiger partial charge >= 0.3 is 0 Å². The van der Waals surface area contributed by atoms with Crippen LogP contribution < -0.4 is 5.32 Å². The monoisotopic (exact) mass is 363 g/mol. The van der Waals surface area contributed by atoms with Crippen LogP contribution in [-0.2, 0) is 0 Å². The Morgan fingerprint density at radius 3 is 2.29 bits per heavy atom. The summed E-state index contributed by atoms with van der Waals surface area (Å²) in [7, 11) is 0. The Labute approximate surface area is 118 Å². The predicted molar refractivity (Wildman–Crippen MR) is 75.0 cm³/mol. The molecule has 0 saturated carbocycles. The highest BCUT2D eigenvalue weighted by molar-refractivity contribution is 9.11. The van der Waals surface area contributed by atoms with Crippen molar-refractivity contribution in [3.63, 3.8) is 0 Å². The lowest BCUT2D eigenvalue weighted by Crippen LogP contribution is -2.38. The van der Waals surface area contributed by atoms with E-state index >= 15 is 0 Å². The third-order valence-electron chi connectivity index (χ3n) is 2.63. The number of hydrogen-bond donors (Lipinski definition) is 2. The molecule has 1 aromatic rings. The molecule has 0 saturated heterocycles. The predicted octanol–water partition coefficient (Wildman–Crippen LogP) is 2.96. The van der Waals surface area contributed by atoms with E-state index in [1.807, 2.05) is 19.9 Å². The van der Waals surface area contributed by atoms with Crippen LogP contribution in [0.1, 0.15) is 24.2 Å². The fourth-order valence-electron chi connectivity index (χ4n) is 1.28. The molecule has 17 heavy (non-hydrogen) atoms. The van der Waals surface area contributed by atoms with Crippen molar-refractivity contribution in [1.29, 1.82) is 0 Å². The Kier molecular flexibility index (Phi) is 5.62. The van der Waals surface area contributed by atoms with Crippen molar-refractivity contribution in [2.75, 3.05) is 6.61 Å². The lowest BCUT2D eigenvalue weighted by atomic mass is 10.0. The Morgan fingerprint density at radius 2 is 1.82 bits per heavy atom. The number of carbonyl (C=O) groups excluding carboxylic acids is 1. The first-order valence-electron chi connectivity index (χ1n) is 5.32. The van der Waals surface area contributed by atoms with Gasteiger partial charge in [0.15, 0.2) is 0 Å². The summed E-state index contributed by atoms with van der Waals surface area (Å²) >= 11 is 6.68. The maximum absolute atomic E-state index is 11.9. The zero-order valence-electron chi connectivity index (χ0n) is 9.71. The molecule has 0 aliphatic rings. The quantitative estimate of drug-likeness (QED) is 0.862. The molecule has 2 N–H and O–H groups in total. The van der Waals surface area contributed by atoms with Crippen LogP contribution in [-0.4, -0.2) is 23.7 Å². The normalized spacial score (nSPS) is 14.2. The molecule has 2 atom stereocenters. The highest BCUT2D eigenvalue weighted by Gasteiger charge is 2.15. The number of halogens is 2. The molecule has 0 radical (unpaired) electrons. The molecule has 0 spiro atoms. The van der Waals surface area contributed by atoms with E-state index in [-0.39, 0.29) is 24.5 Å². The second kappa shape index (κ2) is 6.52. The number of carbonyl (C=O) groups is 1. The minimum atomic E-state index is -0.139. The topological polar surface area (TPSA) is 49.3 Å². The van der Waals surface area contributed by atoms with E-state index in [9.17, 15) is 4.79 Å². The lowest BCUT2D eigenvalue weighted by molar-refractivity contribution is 0.0916. The molecule has 0 heterocycles. The highest BCUT2D eigenvalue weighted by atomic mass is 79.9. The molecule has 5 heteroatoms. The van der Waals surface area contributed by atoms with E-state index in [0.717, 1.165) is 8.95 Å². The highest BCUT2D eigenvalue weighted by Crippen LogP contribution is 2.20. The van der Waals surface area contributed by atoms with Crippen LogP contribution in [0.5, 0.6) is 0 Å². The fourth-order valence-corrected chi connectivity index (χ4v) is 2.57. The molecule has 0 aliphatic heterocycles. The Balaban J connectivity index is 2.76. The number of rotatable bonds is 4. The zero-order chi connectivity index (χ0) is 13.0. The summed E-state index contributed by atoms with van der Waals surface area (Å²) in [6.45, 7) is 3.83. The average Bonchev–Trinajstić information content (AvgIpc) is 2.26. The number of hydrogen-bond acceptors (Lipinski definition) is 2. The van der Waals surface area contributed by atoms with E-state index in [1.54, 1.807) is 12.1 Å². The number of amides is 1. The molecule has 1 amide bonds. The summed E-state index contributed by atoms with van der Waals surface area (Å²) in [6, 6.07) is 5.33. The van der Waals surface area contributed by atoms with Crippen molar-refractivity contribution < 1.29 is 9.90 Å². The lowest BCUT2D eigenvalue weighted by Gasteiger charge is -2.19. The second-order valence-corrected chi connectivity index (χ2v) is 5.91. The van der Waals surface area contributed by atoms with Crippen LogP contribution in [0, 0.1) is 5.92 Å². The van der Waals surface area contributed by atoms with Gasteiger partial charge in [0.1, 0.15) is 0 Å². The molecule has 2 unspecified atom stereocenters. The van der Waals surface area contributed by atoms with Crippen molar-refractivity contribution in [2.45, 2.75) is 19.9 Å². The fraction of sp³-hybridized carbons (Fsp3) is 0.417. The molecule has 0 bridgehead atoms. The van der Waals surface area contributed by atoms with Crippen LogP contribution in [0.2, 0.25) is 0 Å². The number of nitrogens with one attached hydrogen (secondary N) is 1. The van der Waals surface area contributed by atoms with Crippen molar-refractivity contribution in [2.24, 2.45) is 5.92 Å². The van der Waals surface area contributed by atoms with Crippen LogP contribution in [0.25, 0.3) is 0 Å². The van der Waals surface area contributed by atoms with Gasteiger partial charge in [-0.15, -0.1) is 0 Å². The molecular weight excluding hydrogens is 350 g/mol. The van der Waals surface area contributed by atoms with Crippen molar-refractivity contribution in [3.8, 4) is 0 Å². The minimum Gasteiger partial charge on any atom is -0.396 e. The molecule has 94 valence electrons. The maximum atomic E-state index is 11.9. The van der Waals surface area contributed by atoms with E-state index in [4.69, 9.17) is 5.11 Å². The molecule has 1 rings (SSSR count). The SMILES string of the molecule is CC(CO)C(C)NC(=O)c1cc(Br)cc(Br)c1. The summed E-state index contributed by atoms with van der Waals surface area (Å²) in [4.78, 5) is 11.9. The molecule has 3 nitrogen and oxygen atoms in total. The van der Waals surface area contributed by atoms with Gasteiger partial charge < -0.3 is 10.4 Å². The summed E-state index contributed by atoms with van der Waals surface area (Å²) in [5.74, 6) is -0.102. The van der Waals surface area contributed by atoms with Crippen LogP contribution in [0.4, 0.5) is 0 Å². The zero-order valence-corrected chi connectivity index (χ0v) is 12.9. The van der Waals surface area contributed by atoms with Crippen LogP contribution in [0.3, 0.4) is 0 Å². The van der Waals surface area contributed by atoms with Gasteiger partial charge in [0, 0.05) is 27.2 Å². The summed E-state index contributed by atoms with van der Waals surface area (Å²) in [6.07, 6.45) is 0. The van der Waals surface area contributed by atoms with Gasteiger partial charge in [-0.05, 0) is 31.0 Å². The number of aliphatic hydroxyl groups excluding tert-OH is 1. The molecule has 0 fully saturated rings. The van der Waals surface area contributed by atoms with Gasteiger partial charge in [-0.3, -0.25) is 4.79 Å². The van der Waals surface area contributed by atoms with Gasteiger partial charge in [-0.25, -0.2) is 0 Å². The van der Waals surface area contributed by atoms with Gasteiger partial charge in [0.25, 0.3) is 5.91 Å². The van der Waals surface area contributed by atoms with E-state index in [1.165, 1.54) is 0 Å². The number of benzene rings is 1. The standard InChI is InChI=1S/C12H15Br2NO2/c1-7(6-16)8(2)15-12(17)9-3-10(13)5-11(14)4-9/h3-5,7-8,16H,6H2,1-2H3,(H,15,17). The van der Waals surface area contributed by atoms with E-state index in [2.05, 4.69) is 37.2 Å². The Bertz CT molecular complexity index is 389. The van der Waals surface area contributed by atoms with Gasteiger partial charge in [0.2, 0.25) is 0 Å². The van der Waals surface area contributed by atoms with Gasteiger partial charge in [-0.1, -0.05) is 38.8 Å². The Hall–Kier alpha value is -0.390. The molecule has 0 aliphatic carbocycles. The number of aliphatic hydroxyl groups is 1. The molecule has 1 aromatic carbocycles. The van der Waals surface area contributed by atoms with Gasteiger partial charge in [-0.2, -0.15) is 0 Å². The first kappa shape index (κ1) is 14.7. The average molecular weight is 365 g/mol. The van der Waals surface area contributed by atoms with Crippen molar-refractivity contribution in [3.05, 3.63) is 32.7 Å². The maximum Gasteiger partial charge on any atom is 0.251 e. The van der Waals surface area contributed by atoms with E-state index < -0.39 is 0 Å². The van der Waals surface area contributed by atoms with Crippen LogP contribution >= 0.6 is 31.9 Å². The van der Waals surface area contributed by atoms with Gasteiger partial charge in [0.05, 0.1) is 0 Å². The van der Waals surface area contributed by atoms with Crippen LogP contribution in [0.15, 0.2) is 27.1 Å². The first-order valence-corrected chi connectivity index (χ1v) is 6.90. The van der Waals surface area contributed by atoms with Crippen molar-refractivity contribution in [1.82, 2.24) is 5.32 Å².